The van der Waals surface area contributed by atoms with E-state index in [0.29, 0.717) is 0 Å². The quantitative estimate of drug-likeness (QED) is 0.0752. The second kappa shape index (κ2) is 11.3. The zero-order valence-corrected chi connectivity index (χ0v) is 24.9. The number of aromatic hydroxyl groups is 8. The SMILES string of the molecule is O=C(O[C@@H]1Cc2c(O)cc(O)cc2O[C@@H]1c1cc(=O)oc2c(O)cc([C@H]3Oc4cc(O)cc(O)c4C[C@H]3O)cc12)c1cc(O)c(O)c(O)c1. The van der Waals surface area contributed by atoms with Crippen molar-refractivity contribution in [2.75, 3.05) is 0 Å². The van der Waals surface area contributed by atoms with Crippen LogP contribution >= 0.6 is 0 Å². The molecule has 9 N–H and O–H groups in total. The summed E-state index contributed by atoms with van der Waals surface area (Å²) >= 11 is 0. The van der Waals surface area contributed by atoms with E-state index in [0.717, 1.165) is 30.3 Å². The van der Waals surface area contributed by atoms with Crippen molar-refractivity contribution >= 4 is 16.9 Å². The summed E-state index contributed by atoms with van der Waals surface area (Å²) < 4.78 is 23.1. The van der Waals surface area contributed by atoms with Gasteiger partial charge in [-0.3, -0.25) is 0 Å². The number of aliphatic hydroxyl groups excluding tert-OH is 1. The minimum Gasteiger partial charge on any atom is -0.508 e. The summed E-state index contributed by atoms with van der Waals surface area (Å²) in [4.78, 5) is 26.1. The highest BCUT2D eigenvalue weighted by Gasteiger charge is 2.39. The molecule has 1 aromatic heterocycles. The number of aliphatic hydroxyl groups is 1. The summed E-state index contributed by atoms with van der Waals surface area (Å²) in [7, 11) is 0. The molecule has 7 rings (SSSR count). The molecule has 0 radical (unpaired) electrons. The molecule has 0 bridgehead atoms. The zero-order valence-electron chi connectivity index (χ0n) is 24.9. The molecule has 0 amide bonds. The largest absolute Gasteiger partial charge is 0.508 e. The van der Waals surface area contributed by atoms with Gasteiger partial charge in [-0.1, -0.05) is 0 Å². The topological polar surface area (TPSA) is 257 Å². The number of fused-ring (bicyclic) bond motifs is 3. The fourth-order valence-corrected chi connectivity index (χ4v) is 6.18. The molecule has 2 aliphatic heterocycles. The normalized spacial score (nSPS) is 19.7. The van der Waals surface area contributed by atoms with Crippen molar-refractivity contribution in [2.45, 2.75) is 37.3 Å². The Kier molecular flexibility index (Phi) is 7.21. The first-order chi connectivity index (χ1) is 23.3. The number of rotatable bonds is 4. The van der Waals surface area contributed by atoms with Gasteiger partial charge in [0.1, 0.15) is 46.7 Å². The maximum atomic E-state index is 13.3. The molecule has 0 fully saturated rings. The molecular formula is C34H26O15. The van der Waals surface area contributed by atoms with Crippen molar-refractivity contribution in [3.63, 3.8) is 0 Å². The summed E-state index contributed by atoms with van der Waals surface area (Å²) in [6.45, 7) is 0. The van der Waals surface area contributed by atoms with Crippen LogP contribution in [-0.4, -0.2) is 64.1 Å². The predicted molar refractivity (Wildman–Crippen MR) is 164 cm³/mol. The Morgan fingerprint density at radius 2 is 1.27 bits per heavy atom. The molecule has 5 aromatic rings. The van der Waals surface area contributed by atoms with Gasteiger partial charge in [-0.2, -0.15) is 0 Å². The molecule has 2 aliphatic rings. The maximum absolute atomic E-state index is 13.3. The van der Waals surface area contributed by atoms with Gasteiger partial charge in [0.25, 0.3) is 0 Å². The second-order valence-electron chi connectivity index (χ2n) is 11.7. The van der Waals surface area contributed by atoms with Gasteiger partial charge in [-0.05, 0) is 29.8 Å². The number of carbonyl (C=O) groups is 1. The average molecular weight is 675 g/mol. The molecule has 0 saturated heterocycles. The number of benzene rings is 4. The van der Waals surface area contributed by atoms with Crippen molar-refractivity contribution < 1.29 is 69.4 Å². The first kappa shape index (κ1) is 31.1. The summed E-state index contributed by atoms with van der Waals surface area (Å²) in [5.41, 5.74) is -1.06. The van der Waals surface area contributed by atoms with Gasteiger partial charge in [0, 0.05) is 65.3 Å². The van der Waals surface area contributed by atoms with Crippen LogP contribution in [0.25, 0.3) is 11.0 Å². The lowest BCUT2D eigenvalue weighted by molar-refractivity contribution is -0.0185. The minimum atomic E-state index is -1.38. The fourth-order valence-electron chi connectivity index (χ4n) is 6.18. The first-order valence-electron chi connectivity index (χ1n) is 14.6. The van der Waals surface area contributed by atoms with E-state index in [-0.39, 0.29) is 80.4 Å². The van der Waals surface area contributed by atoms with Crippen LogP contribution < -0.4 is 15.1 Å². The average Bonchev–Trinajstić information content (AvgIpc) is 3.03. The Morgan fingerprint density at radius 3 is 1.90 bits per heavy atom. The molecular weight excluding hydrogens is 648 g/mol. The third kappa shape index (κ3) is 5.41. The van der Waals surface area contributed by atoms with Crippen LogP contribution in [-0.2, 0) is 17.6 Å². The molecule has 49 heavy (non-hydrogen) atoms. The lowest BCUT2D eigenvalue weighted by Crippen LogP contribution is -2.35. The Labute approximate surface area is 273 Å². The number of phenolic OH excluding ortho intramolecular Hbond substituents is 8. The zero-order chi connectivity index (χ0) is 34.9. The number of hydrogen-bond acceptors (Lipinski definition) is 15. The number of ether oxygens (including phenoxy) is 3. The van der Waals surface area contributed by atoms with Crippen molar-refractivity contribution in [3.8, 4) is 57.5 Å². The van der Waals surface area contributed by atoms with Crippen LogP contribution in [0.3, 0.4) is 0 Å². The predicted octanol–water partition coefficient (Wildman–Crippen LogP) is 3.38. The number of carbonyl (C=O) groups excluding carboxylic acids is 1. The van der Waals surface area contributed by atoms with Gasteiger partial charge in [0.15, 0.2) is 34.7 Å². The van der Waals surface area contributed by atoms with E-state index in [1.807, 2.05) is 0 Å². The van der Waals surface area contributed by atoms with E-state index >= 15 is 0 Å². The Bertz CT molecular complexity index is 2220. The molecule has 252 valence electrons. The van der Waals surface area contributed by atoms with Crippen LogP contribution in [0.4, 0.5) is 0 Å². The van der Waals surface area contributed by atoms with Crippen LogP contribution in [0.1, 0.15) is 44.8 Å². The van der Waals surface area contributed by atoms with Gasteiger partial charge in [-0.25, -0.2) is 9.59 Å². The highest BCUT2D eigenvalue weighted by atomic mass is 16.6. The maximum Gasteiger partial charge on any atom is 0.338 e. The van der Waals surface area contributed by atoms with E-state index < -0.39 is 64.8 Å². The van der Waals surface area contributed by atoms with Crippen molar-refractivity contribution in [1.82, 2.24) is 0 Å². The summed E-state index contributed by atoms with van der Waals surface area (Å²) in [6, 6.07) is 9.95. The van der Waals surface area contributed by atoms with E-state index in [2.05, 4.69) is 0 Å². The number of phenols is 8. The third-order valence-electron chi connectivity index (χ3n) is 8.43. The van der Waals surface area contributed by atoms with Crippen molar-refractivity contribution in [2.24, 2.45) is 0 Å². The highest BCUT2D eigenvalue weighted by molar-refractivity contribution is 5.91. The summed E-state index contributed by atoms with van der Waals surface area (Å²) in [5.74, 6) is -5.41. The molecule has 15 heteroatoms. The Morgan fingerprint density at radius 1 is 0.673 bits per heavy atom. The molecule has 0 spiro atoms. The van der Waals surface area contributed by atoms with Crippen molar-refractivity contribution in [3.05, 3.63) is 92.8 Å². The van der Waals surface area contributed by atoms with Crippen LogP contribution in [0.15, 0.2) is 63.8 Å². The third-order valence-corrected chi connectivity index (χ3v) is 8.43. The lowest BCUT2D eigenvalue weighted by Gasteiger charge is -2.34. The van der Waals surface area contributed by atoms with Crippen LogP contribution in [0.2, 0.25) is 0 Å². The van der Waals surface area contributed by atoms with Gasteiger partial charge in [0.2, 0.25) is 0 Å². The second-order valence-corrected chi connectivity index (χ2v) is 11.7. The summed E-state index contributed by atoms with van der Waals surface area (Å²) in [6.07, 6.45) is -5.47. The summed E-state index contributed by atoms with van der Waals surface area (Å²) in [5, 5.41) is 92.7. The van der Waals surface area contributed by atoms with Gasteiger partial charge in [-0.15, -0.1) is 0 Å². The Balaban J connectivity index is 1.35. The minimum absolute atomic E-state index is 0.00655. The first-order valence-corrected chi connectivity index (χ1v) is 14.6. The Hall–Kier alpha value is -6.48. The number of hydrogen-bond donors (Lipinski definition) is 9. The van der Waals surface area contributed by atoms with E-state index in [1.165, 1.54) is 24.3 Å². The highest BCUT2D eigenvalue weighted by Crippen LogP contribution is 2.47. The monoisotopic (exact) mass is 674 g/mol. The lowest BCUT2D eigenvalue weighted by atomic mass is 9.90. The van der Waals surface area contributed by atoms with E-state index in [1.54, 1.807) is 0 Å². The molecule has 0 unspecified atom stereocenters. The van der Waals surface area contributed by atoms with Crippen LogP contribution in [0.5, 0.6) is 57.5 Å². The van der Waals surface area contributed by atoms with E-state index in [4.69, 9.17) is 18.6 Å². The fraction of sp³-hybridized carbons (Fsp3) is 0.176. The van der Waals surface area contributed by atoms with Crippen molar-refractivity contribution in [1.29, 1.82) is 0 Å². The molecule has 0 saturated carbocycles. The molecule has 4 atom stereocenters. The number of esters is 1. The molecule has 4 aromatic carbocycles. The molecule has 15 nitrogen and oxygen atoms in total. The van der Waals surface area contributed by atoms with E-state index in [9.17, 15) is 55.5 Å². The van der Waals surface area contributed by atoms with Gasteiger partial charge >= 0.3 is 11.6 Å². The van der Waals surface area contributed by atoms with Crippen LogP contribution in [0, 0.1) is 0 Å². The smallest absolute Gasteiger partial charge is 0.338 e. The van der Waals surface area contributed by atoms with Gasteiger partial charge < -0.3 is 64.6 Å². The standard InChI is InChI=1S/C34H26O15/c35-14-5-20(37)18-9-25(42)31(46-26(18)7-14)12-1-16-17(11-29(43)49-32(16)24(41)2-12)33-28(10-19-21(38)6-15(36)8-27(19)47-33)48-34(45)13-3-22(39)30(44)23(40)4-13/h1-8,11,25,28,31,33,35-42,44H,9-10H2/t25-,28-,31-,33-/m1/s1. The molecule has 3 heterocycles. The van der Waals surface area contributed by atoms with Gasteiger partial charge in [0.05, 0.1) is 11.7 Å². The molecule has 0 aliphatic carbocycles.